The van der Waals surface area contributed by atoms with E-state index in [-0.39, 0.29) is 19.1 Å². The van der Waals surface area contributed by atoms with Crippen molar-refractivity contribution >= 4 is 29.1 Å². The second kappa shape index (κ2) is 8.82. The molecule has 1 aromatic carbocycles. The van der Waals surface area contributed by atoms with E-state index in [2.05, 4.69) is 5.32 Å². The smallest absolute Gasteiger partial charge is 0.220 e. The Bertz CT molecular complexity index is 631. The number of aliphatic hydroxyl groups is 1. The van der Waals surface area contributed by atoms with Gasteiger partial charge < -0.3 is 19.6 Å². The number of rotatable bonds is 8. The molecule has 0 fully saturated rings. The van der Waals surface area contributed by atoms with E-state index in [1.54, 1.807) is 30.5 Å². The fourth-order valence-electron chi connectivity index (χ4n) is 1.85. The predicted octanol–water partition coefficient (Wildman–Crippen LogP) is 3.08. The molecule has 0 spiro atoms. The minimum absolute atomic E-state index is 0.00146. The maximum atomic E-state index is 11.7. The molecule has 0 aliphatic carbocycles. The van der Waals surface area contributed by atoms with Gasteiger partial charge in [-0.25, -0.2) is 0 Å². The molecule has 2 rings (SSSR count). The monoisotopic (exact) mass is 357 g/mol. The van der Waals surface area contributed by atoms with Crippen LogP contribution in [-0.2, 0) is 11.2 Å². The first kappa shape index (κ1) is 17.7. The number of amides is 1. The molecule has 7 heteroatoms. The first-order valence-electron chi connectivity index (χ1n) is 7.10. The number of carbonyl (C=O) groups is 1. The quantitative estimate of drug-likeness (QED) is 0.761. The fourth-order valence-corrected chi connectivity index (χ4v) is 2.20. The van der Waals surface area contributed by atoms with Crippen molar-refractivity contribution in [3.8, 4) is 5.75 Å². The molecule has 124 valence electrons. The number of nitrogens with one attached hydrogen (secondary N) is 1. The fraction of sp³-hybridized carbons (Fsp3) is 0.312. The van der Waals surface area contributed by atoms with Crippen LogP contribution in [-0.4, -0.2) is 30.3 Å². The van der Waals surface area contributed by atoms with Crippen molar-refractivity contribution in [3.63, 3.8) is 0 Å². The third-order valence-corrected chi connectivity index (χ3v) is 3.86. The number of aryl methyl sites for hydroxylation is 1. The molecule has 2 aromatic rings. The molecular formula is C16H17Cl2NO4. The summed E-state index contributed by atoms with van der Waals surface area (Å²) in [5.74, 6) is 0.975. The number of benzene rings is 1. The maximum Gasteiger partial charge on any atom is 0.220 e. The second-order valence-corrected chi connectivity index (χ2v) is 5.69. The van der Waals surface area contributed by atoms with Crippen LogP contribution in [0.2, 0.25) is 10.0 Å². The Morgan fingerprint density at radius 1 is 1.30 bits per heavy atom. The zero-order valence-electron chi connectivity index (χ0n) is 12.3. The van der Waals surface area contributed by atoms with Crippen molar-refractivity contribution in [2.45, 2.75) is 18.9 Å². The van der Waals surface area contributed by atoms with Crippen molar-refractivity contribution in [2.75, 3.05) is 13.2 Å². The first-order chi connectivity index (χ1) is 11.1. The molecule has 0 saturated carbocycles. The van der Waals surface area contributed by atoms with E-state index < -0.39 is 6.10 Å². The number of hydrogen-bond acceptors (Lipinski definition) is 4. The molecule has 0 saturated heterocycles. The Balaban J connectivity index is 1.67. The van der Waals surface area contributed by atoms with Crippen molar-refractivity contribution in [2.24, 2.45) is 0 Å². The molecule has 2 N–H and O–H groups in total. The summed E-state index contributed by atoms with van der Waals surface area (Å²) in [4.78, 5) is 11.7. The summed E-state index contributed by atoms with van der Waals surface area (Å²) < 4.78 is 10.5. The van der Waals surface area contributed by atoms with Crippen molar-refractivity contribution in [3.05, 3.63) is 52.4 Å². The summed E-state index contributed by atoms with van der Waals surface area (Å²) in [5, 5.41) is 13.1. The lowest BCUT2D eigenvalue weighted by Crippen LogP contribution is -2.35. The zero-order chi connectivity index (χ0) is 16.7. The van der Waals surface area contributed by atoms with Gasteiger partial charge in [0.25, 0.3) is 0 Å². The van der Waals surface area contributed by atoms with Crippen LogP contribution < -0.4 is 10.1 Å². The highest BCUT2D eigenvalue weighted by atomic mass is 35.5. The SMILES string of the molecule is O=C(CCc1ccco1)NCC(O)COc1cccc(Cl)c1Cl. The highest BCUT2D eigenvalue weighted by Crippen LogP contribution is 2.31. The summed E-state index contributed by atoms with van der Waals surface area (Å²) in [6, 6.07) is 8.58. The lowest BCUT2D eigenvalue weighted by atomic mass is 10.2. The van der Waals surface area contributed by atoms with Crippen LogP contribution in [0.1, 0.15) is 12.2 Å². The lowest BCUT2D eigenvalue weighted by Gasteiger charge is -2.14. The lowest BCUT2D eigenvalue weighted by molar-refractivity contribution is -0.121. The molecule has 0 aliphatic heterocycles. The van der Waals surface area contributed by atoms with Crippen molar-refractivity contribution in [1.82, 2.24) is 5.32 Å². The van der Waals surface area contributed by atoms with Crippen molar-refractivity contribution < 1.29 is 19.1 Å². The number of halogens is 2. The van der Waals surface area contributed by atoms with Gasteiger partial charge in [0, 0.05) is 19.4 Å². The molecule has 1 unspecified atom stereocenters. The van der Waals surface area contributed by atoms with Gasteiger partial charge in [0.2, 0.25) is 5.91 Å². The van der Waals surface area contributed by atoms with Crippen LogP contribution in [0.15, 0.2) is 41.0 Å². The van der Waals surface area contributed by atoms with E-state index in [1.807, 2.05) is 6.07 Å². The van der Waals surface area contributed by atoms with Gasteiger partial charge in [-0.2, -0.15) is 0 Å². The normalized spacial score (nSPS) is 12.0. The van der Waals surface area contributed by atoms with Crippen LogP contribution in [0.4, 0.5) is 0 Å². The first-order valence-corrected chi connectivity index (χ1v) is 7.86. The third kappa shape index (κ3) is 5.78. The van der Waals surface area contributed by atoms with E-state index in [4.69, 9.17) is 32.4 Å². The van der Waals surface area contributed by atoms with E-state index >= 15 is 0 Å². The van der Waals surface area contributed by atoms with E-state index in [9.17, 15) is 9.90 Å². The van der Waals surface area contributed by atoms with Gasteiger partial charge in [0.05, 0.1) is 11.3 Å². The van der Waals surface area contributed by atoms with Gasteiger partial charge in [-0.15, -0.1) is 0 Å². The molecule has 1 amide bonds. The standard InChI is InChI=1S/C16H17Cl2NO4/c17-13-4-1-5-14(16(13)18)23-10-11(20)9-19-15(21)7-6-12-3-2-8-22-12/h1-5,8,11,20H,6-7,9-10H2,(H,19,21). The number of hydrogen-bond donors (Lipinski definition) is 2. The summed E-state index contributed by atoms with van der Waals surface area (Å²) >= 11 is 11.8. The molecule has 1 atom stereocenters. The highest BCUT2D eigenvalue weighted by Gasteiger charge is 2.11. The van der Waals surface area contributed by atoms with Gasteiger partial charge in [-0.3, -0.25) is 4.79 Å². The van der Waals surface area contributed by atoms with Gasteiger partial charge in [-0.05, 0) is 24.3 Å². The van der Waals surface area contributed by atoms with Gasteiger partial charge in [-0.1, -0.05) is 29.3 Å². The molecule has 23 heavy (non-hydrogen) atoms. The average molecular weight is 358 g/mol. The Morgan fingerprint density at radius 3 is 2.87 bits per heavy atom. The van der Waals surface area contributed by atoms with Gasteiger partial charge in [0.1, 0.15) is 29.2 Å². The highest BCUT2D eigenvalue weighted by molar-refractivity contribution is 6.42. The molecule has 0 bridgehead atoms. The summed E-state index contributed by atoms with van der Waals surface area (Å²) in [5.41, 5.74) is 0. The second-order valence-electron chi connectivity index (χ2n) is 4.90. The summed E-state index contributed by atoms with van der Waals surface area (Å²) in [6.45, 7) is 0.0910. The van der Waals surface area contributed by atoms with E-state index in [1.165, 1.54) is 0 Å². The van der Waals surface area contributed by atoms with E-state index in [0.717, 1.165) is 5.76 Å². The molecular weight excluding hydrogens is 341 g/mol. The van der Waals surface area contributed by atoms with Crippen LogP contribution in [0.5, 0.6) is 5.75 Å². The molecule has 0 radical (unpaired) electrons. The number of carbonyl (C=O) groups excluding carboxylic acids is 1. The average Bonchev–Trinajstić information content (AvgIpc) is 3.05. The molecule has 1 aromatic heterocycles. The third-order valence-electron chi connectivity index (χ3n) is 3.06. The van der Waals surface area contributed by atoms with Crippen molar-refractivity contribution in [1.29, 1.82) is 0 Å². The van der Waals surface area contributed by atoms with Crippen LogP contribution in [0.3, 0.4) is 0 Å². The molecule has 0 aliphatic rings. The number of ether oxygens (including phenoxy) is 1. The van der Waals surface area contributed by atoms with Crippen LogP contribution >= 0.6 is 23.2 Å². The minimum atomic E-state index is -0.849. The number of furan rings is 1. The largest absolute Gasteiger partial charge is 0.489 e. The molecule has 5 nitrogen and oxygen atoms in total. The van der Waals surface area contributed by atoms with Crippen LogP contribution in [0.25, 0.3) is 0 Å². The summed E-state index contributed by atoms with van der Waals surface area (Å²) in [6.07, 6.45) is 1.53. The Kier molecular flexibility index (Phi) is 6.77. The van der Waals surface area contributed by atoms with Gasteiger partial charge >= 0.3 is 0 Å². The Morgan fingerprint density at radius 2 is 2.13 bits per heavy atom. The Hall–Kier alpha value is -1.69. The predicted molar refractivity (Wildman–Crippen MR) is 88.0 cm³/mol. The summed E-state index contributed by atoms with van der Waals surface area (Å²) in [7, 11) is 0. The Labute approximate surface area is 144 Å². The zero-order valence-corrected chi connectivity index (χ0v) is 13.8. The molecule has 1 heterocycles. The topological polar surface area (TPSA) is 71.7 Å². The minimum Gasteiger partial charge on any atom is -0.489 e. The maximum absolute atomic E-state index is 11.7. The van der Waals surface area contributed by atoms with Crippen LogP contribution in [0, 0.1) is 0 Å². The van der Waals surface area contributed by atoms with E-state index in [0.29, 0.717) is 28.6 Å². The number of aliphatic hydroxyl groups excluding tert-OH is 1. The van der Waals surface area contributed by atoms with Gasteiger partial charge in [0.15, 0.2) is 0 Å².